The fraction of sp³-hybridized carbons (Fsp3) is 0.368. The van der Waals surface area contributed by atoms with E-state index in [2.05, 4.69) is 5.32 Å². The third-order valence-electron chi connectivity index (χ3n) is 8.07. The monoisotopic (exact) mass is 638 g/mol. The fourth-order valence-electron chi connectivity index (χ4n) is 6.32. The summed E-state index contributed by atoms with van der Waals surface area (Å²) in [5.74, 6) is -2.26. The number of fused-ring (bicyclic) bond motifs is 4. The van der Waals surface area contributed by atoms with Crippen molar-refractivity contribution in [1.29, 1.82) is 0 Å². The van der Waals surface area contributed by atoms with Crippen molar-refractivity contribution in [3.63, 3.8) is 0 Å². The summed E-state index contributed by atoms with van der Waals surface area (Å²) < 4.78 is 13.0. The summed E-state index contributed by atoms with van der Waals surface area (Å²) in [4.78, 5) is 52.7. The van der Waals surface area contributed by atoms with Gasteiger partial charge in [-0.25, -0.2) is 14.4 Å². The predicted molar refractivity (Wildman–Crippen MR) is 180 cm³/mol. The molecule has 0 fully saturated rings. The van der Waals surface area contributed by atoms with E-state index in [1.165, 1.54) is 0 Å². The van der Waals surface area contributed by atoms with Crippen LogP contribution in [-0.2, 0) is 32.0 Å². The molecule has 0 spiro atoms. The zero-order valence-corrected chi connectivity index (χ0v) is 27.8. The van der Waals surface area contributed by atoms with Crippen LogP contribution in [0.5, 0.6) is 0 Å². The Balaban J connectivity index is 1.43. The molecular formula is C38H42N2O7. The molecule has 246 valence electrons. The molecule has 1 heterocycles. The number of hydrogen-bond acceptors (Lipinski definition) is 6. The van der Waals surface area contributed by atoms with Gasteiger partial charge in [-0.2, -0.15) is 0 Å². The van der Waals surface area contributed by atoms with Gasteiger partial charge in [0.2, 0.25) is 0 Å². The summed E-state index contributed by atoms with van der Waals surface area (Å²) in [6, 6.07) is 21.6. The number of Topliss-reactive ketones (excluding diaryl/α,β-unsaturated/α-hetero) is 1. The highest BCUT2D eigenvalue weighted by molar-refractivity contribution is 6.01. The molecule has 3 aromatic carbocycles. The summed E-state index contributed by atoms with van der Waals surface area (Å²) in [6.45, 7) is 11.0. The number of rotatable bonds is 10. The first-order valence-corrected chi connectivity index (χ1v) is 15.8. The van der Waals surface area contributed by atoms with Crippen LogP contribution in [0, 0.1) is 5.41 Å². The summed E-state index contributed by atoms with van der Waals surface area (Å²) in [5, 5.41) is 13.3. The first-order chi connectivity index (χ1) is 22.1. The zero-order valence-electron chi connectivity index (χ0n) is 27.8. The number of hydrogen-bond donors (Lipinski definition) is 2. The number of para-hydroxylation sites is 1. The Labute approximate surface area is 274 Å². The highest BCUT2D eigenvalue weighted by Gasteiger charge is 2.33. The minimum absolute atomic E-state index is 0.0184. The average molecular weight is 639 g/mol. The molecule has 1 aliphatic carbocycles. The van der Waals surface area contributed by atoms with Crippen LogP contribution in [0.1, 0.15) is 81.1 Å². The molecule has 1 amide bonds. The number of carboxylic acid groups (broad SMARTS) is 1. The number of ketones is 1. The minimum Gasteiger partial charge on any atom is -0.480 e. The summed E-state index contributed by atoms with van der Waals surface area (Å²) in [5.41, 5.74) is 4.15. The van der Waals surface area contributed by atoms with E-state index in [0.717, 1.165) is 22.3 Å². The Morgan fingerprint density at radius 2 is 1.43 bits per heavy atom. The van der Waals surface area contributed by atoms with Gasteiger partial charge in [0.25, 0.3) is 0 Å². The van der Waals surface area contributed by atoms with E-state index in [4.69, 9.17) is 9.47 Å². The smallest absolute Gasteiger partial charge is 0.407 e. The van der Waals surface area contributed by atoms with Crippen LogP contribution in [0.25, 0.3) is 22.0 Å². The maximum absolute atomic E-state index is 13.7. The van der Waals surface area contributed by atoms with E-state index in [9.17, 15) is 24.3 Å². The van der Waals surface area contributed by atoms with E-state index < -0.39 is 29.7 Å². The second kappa shape index (κ2) is 13.1. The van der Waals surface area contributed by atoms with E-state index in [1.807, 2.05) is 69.3 Å². The maximum Gasteiger partial charge on any atom is 0.407 e. The van der Waals surface area contributed by atoms with Crippen molar-refractivity contribution in [3.8, 4) is 11.1 Å². The van der Waals surface area contributed by atoms with Gasteiger partial charge in [0.05, 0.1) is 6.54 Å². The molecular weight excluding hydrogens is 596 g/mol. The standard InChI is InChI=1S/C38H42N2O7/c1-37(2,3)20-23(41)21-40-32-18-12-11-17-28(32)29(33(40)35(44)47-38(4,5)6)19-31(34(42)43)39-36(45)46-22-30-26-15-9-7-13-24(26)25-14-8-10-16-27(25)30/h7-18,30-31H,19-22H2,1-6H3,(H,39,45)(H,42,43)/t31-/m0/s1. The number of esters is 1. The molecule has 4 aromatic rings. The van der Waals surface area contributed by atoms with Gasteiger partial charge in [-0.05, 0) is 60.1 Å². The third kappa shape index (κ3) is 7.56. The molecule has 9 nitrogen and oxygen atoms in total. The Hall–Kier alpha value is -4.92. The second-order valence-corrected chi connectivity index (χ2v) is 14.3. The first-order valence-electron chi connectivity index (χ1n) is 15.8. The van der Waals surface area contributed by atoms with Crippen LogP contribution in [0.2, 0.25) is 0 Å². The number of carbonyl (C=O) groups is 4. The lowest BCUT2D eigenvalue weighted by Gasteiger charge is -2.22. The summed E-state index contributed by atoms with van der Waals surface area (Å²) >= 11 is 0. The molecule has 0 aliphatic heterocycles. The lowest BCUT2D eigenvalue weighted by atomic mass is 9.90. The van der Waals surface area contributed by atoms with Gasteiger partial charge >= 0.3 is 18.0 Å². The zero-order chi connectivity index (χ0) is 34.1. The quantitative estimate of drug-likeness (QED) is 0.177. The van der Waals surface area contributed by atoms with E-state index in [1.54, 1.807) is 49.6 Å². The predicted octanol–water partition coefficient (Wildman–Crippen LogP) is 7.14. The van der Waals surface area contributed by atoms with Gasteiger partial charge in [-0.1, -0.05) is 87.5 Å². The molecule has 9 heteroatoms. The van der Waals surface area contributed by atoms with Crippen LogP contribution in [-0.4, -0.2) is 51.7 Å². The van der Waals surface area contributed by atoms with Gasteiger partial charge in [-0.15, -0.1) is 0 Å². The van der Waals surface area contributed by atoms with Crippen molar-refractivity contribution in [2.45, 2.75) is 78.5 Å². The molecule has 1 aliphatic rings. The Kier molecular flexibility index (Phi) is 9.29. The number of aromatic nitrogens is 1. The van der Waals surface area contributed by atoms with Crippen molar-refractivity contribution < 1.29 is 33.8 Å². The van der Waals surface area contributed by atoms with Crippen molar-refractivity contribution in [2.75, 3.05) is 6.61 Å². The minimum atomic E-state index is -1.43. The number of benzene rings is 3. The number of nitrogens with one attached hydrogen (secondary N) is 1. The molecule has 0 saturated heterocycles. The number of carbonyl (C=O) groups excluding carboxylic acids is 3. The lowest BCUT2D eigenvalue weighted by Crippen LogP contribution is -2.43. The summed E-state index contributed by atoms with van der Waals surface area (Å²) in [6.07, 6.45) is -0.846. The molecule has 1 atom stereocenters. The molecule has 0 unspecified atom stereocenters. The van der Waals surface area contributed by atoms with Crippen molar-refractivity contribution in [2.24, 2.45) is 5.41 Å². The van der Waals surface area contributed by atoms with Crippen LogP contribution in [0.15, 0.2) is 72.8 Å². The largest absolute Gasteiger partial charge is 0.480 e. The maximum atomic E-state index is 13.7. The Morgan fingerprint density at radius 3 is 2.00 bits per heavy atom. The molecule has 5 rings (SSSR count). The number of aliphatic carboxylic acids is 1. The molecule has 0 saturated carbocycles. The topological polar surface area (TPSA) is 124 Å². The summed E-state index contributed by atoms with van der Waals surface area (Å²) in [7, 11) is 0. The van der Waals surface area contributed by atoms with Crippen molar-refractivity contribution in [1.82, 2.24) is 9.88 Å². The van der Waals surface area contributed by atoms with E-state index in [0.29, 0.717) is 16.5 Å². The second-order valence-electron chi connectivity index (χ2n) is 14.3. The van der Waals surface area contributed by atoms with Gasteiger partial charge in [-0.3, -0.25) is 4.79 Å². The first kappa shape index (κ1) is 33.4. The normalized spacial score (nSPS) is 13.5. The number of carboxylic acids is 1. The average Bonchev–Trinajstić information content (AvgIpc) is 3.46. The molecule has 1 aromatic heterocycles. The van der Waals surface area contributed by atoms with Gasteiger partial charge in [0, 0.05) is 29.7 Å². The molecule has 0 radical (unpaired) electrons. The fourth-order valence-corrected chi connectivity index (χ4v) is 6.32. The molecule has 0 bridgehead atoms. The molecule has 2 N–H and O–H groups in total. The number of alkyl carbamates (subject to hydrolysis) is 1. The van der Waals surface area contributed by atoms with Crippen LogP contribution in [0.4, 0.5) is 4.79 Å². The molecule has 47 heavy (non-hydrogen) atoms. The number of amides is 1. The van der Waals surface area contributed by atoms with Crippen LogP contribution < -0.4 is 5.32 Å². The Bertz CT molecular complexity index is 1800. The van der Waals surface area contributed by atoms with Gasteiger partial charge in [0.1, 0.15) is 23.9 Å². The van der Waals surface area contributed by atoms with Crippen molar-refractivity contribution >= 4 is 34.7 Å². The number of ether oxygens (including phenoxy) is 2. The highest BCUT2D eigenvalue weighted by atomic mass is 16.6. The lowest BCUT2D eigenvalue weighted by molar-refractivity contribution is -0.139. The van der Waals surface area contributed by atoms with E-state index in [-0.39, 0.29) is 48.8 Å². The third-order valence-corrected chi connectivity index (χ3v) is 8.07. The number of nitrogens with zero attached hydrogens (tertiary/aromatic N) is 1. The SMILES string of the molecule is CC(C)(C)CC(=O)Cn1c(C(=O)OC(C)(C)C)c(C[C@H](NC(=O)OCC2c3ccccc3-c3ccccc32)C(=O)O)c2ccccc21. The van der Waals surface area contributed by atoms with Gasteiger partial charge < -0.3 is 24.5 Å². The van der Waals surface area contributed by atoms with Crippen LogP contribution in [0.3, 0.4) is 0 Å². The van der Waals surface area contributed by atoms with Crippen molar-refractivity contribution in [3.05, 3.63) is 95.2 Å². The highest BCUT2D eigenvalue weighted by Crippen LogP contribution is 2.44. The van der Waals surface area contributed by atoms with Crippen LogP contribution >= 0.6 is 0 Å². The van der Waals surface area contributed by atoms with Gasteiger partial charge in [0.15, 0.2) is 5.78 Å². The van der Waals surface area contributed by atoms with E-state index >= 15 is 0 Å². The Morgan fingerprint density at radius 1 is 0.851 bits per heavy atom.